The largest absolute Gasteiger partial charge is 0.446 e. The van der Waals surface area contributed by atoms with E-state index in [0.717, 1.165) is 6.07 Å². The number of anilines is 1. The molecule has 0 unspecified atom stereocenters. The van der Waals surface area contributed by atoms with Crippen LogP contribution in [0.3, 0.4) is 0 Å². The number of aryl methyl sites for hydroxylation is 2. The van der Waals surface area contributed by atoms with E-state index in [4.69, 9.17) is 4.74 Å². The topological polar surface area (TPSA) is 86.9 Å². The Kier molecular flexibility index (Phi) is 6.12. The van der Waals surface area contributed by atoms with Crippen molar-refractivity contribution >= 4 is 16.7 Å². The summed E-state index contributed by atoms with van der Waals surface area (Å²) in [5, 5.41) is 7.44. The van der Waals surface area contributed by atoms with Crippen molar-refractivity contribution in [3.8, 4) is 11.5 Å². The van der Waals surface area contributed by atoms with E-state index in [9.17, 15) is 22.4 Å². The fourth-order valence-electron chi connectivity index (χ4n) is 4.34. The summed E-state index contributed by atoms with van der Waals surface area (Å²) in [5.74, 6) is -0.356. The molecule has 0 bridgehead atoms. The Balaban J connectivity index is 1.66. The molecular formula is C25H24F4N6O2. The maximum Gasteiger partial charge on any atom is 0.296 e. The third-order valence-electron chi connectivity index (χ3n) is 6.55. The van der Waals surface area contributed by atoms with Crippen LogP contribution in [-0.2, 0) is 12.6 Å². The Labute approximate surface area is 208 Å². The van der Waals surface area contributed by atoms with E-state index in [1.165, 1.54) is 33.8 Å². The summed E-state index contributed by atoms with van der Waals surface area (Å²) in [5.41, 5.74) is -2.06. The minimum atomic E-state index is -2.97. The molecule has 1 atom stereocenters. The smallest absolute Gasteiger partial charge is 0.296 e. The lowest BCUT2D eigenvalue weighted by molar-refractivity contribution is 0.146. The first-order valence-corrected chi connectivity index (χ1v) is 11.6. The van der Waals surface area contributed by atoms with E-state index in [2.05, 4.69) is 20.4 Å². The van der Waals surface area contributed by atoms with Crippen molar-refractivity contribution in [3.05, 3.63) is 69.9 Å². The van der Waals surface area contributed by atoms with Crippen LogP contribution in [0.1, 0.15) is 49.2 Å². The normalized spacial score (nSPS) is 15.2. The number of benzene rings is 1. The van der Waals surface area contributed by atoms with Gasteiger partial charge >= 0.3 is 0 Å². The highest BCUT2D eigenvalue weighted by atomic mass is 19.3. The number of nitrogens with one attached hydrogen (secondary N) is 1. The van der Waals surface area contributed by atoms with E-state index in [1.54, 1.807) is 27.1 Å². The van der Waals surface area contributed by atoms with Gasteiger partial charge in [-0.05, 0) is 26.7 Å². The molecule has 3 aromatic heterocycles. The minimum Gasteiger partial charge on any atom is -0.446 e. The van der Waals surface area contributed by atoms with Crippen LogP contribution in [0.4, 0.5) is 23.4 Å². The van der Waals surface area contributed by atoms with E-state index >= 15 is 0 Å². The molecule has 1 N–H and O–H groups in total. The molecule has 12 heteroatoms. The Morgan fingerprint density at radius 3 is 2.54 bits per heavy atom. The number of fused-ring (bicyclic) bond motifs is 1. The zero-order valence-electron chi connectivity index (χ0n) is 20.3. The first-order chi connectivity index (χ1) is 17.6. The van der Waals surface area contributed by atoms with E-state index < -0.39 is 41.6 Å². The highest BCUT2D eigenvalue weighted by Crippen LogP contribution is 2.44. The molecule has 5 rings (SSSR count). The lowest BCUT2D eigenvalue weighted by Crippen LogP contribution is -2.32. The van der Waals surface area contributed by atoms with Crippen molar-refractivity contribution in [2.45, 2.75) is 44.7 Å². The number of ether oxygens (including phenoxy) is 1. The van der Waals surface area contributed by atoms with Gasteiger partial charge in [0.25, 0.3) is 12.0 Å². The standard InChI is InChI=1S/C25H24F4N6O2/c1-13(16-5-4-6-17(19(16)27)22(28)29)31-23-18-11-35(25(12-26)7-8-25)24(36)21(20(18)32-14(2)33-23)37-15-9-30-34(3)10-15/h4-6,9-11,13,22H,7-8,12H2,1-3H3,(H,31,32,33)/t13-/m1/s1. The zero-order valence-corrected chi connectivity index (χ0v) is 20.3. The predicted molar refractivity (Wildman–Crippen MR) is 128 cm³/mol. The van der Waals surface area contributed by atoms with E-state index in [0.29, 0.717) is 18.2 Å². The van der Waals surface area contributed by atoms with Gasteiger partial charge in [-0.15, -0.1) is 0 Å². The van der Waals surface area contributed by atoms with Gasteiger partial charge in [-0.1, -0.05) is 18.2 Å². The summed E-state index contributed by atoms with van der Waals surface area (Å²) in [4.78, 5) is 22.3. The predicted octanol–water partition coefficient (Wildman–Crippen LogP) is 5.33. The third-order valence-corrected chi connectivity index (χ3v) is 6.55. The van der Waals surface area contributed by atoms with Crippen LogP contribution >= 0.6 is 0 Å². The molecule has 1 saturated carbocycles. The number of pyridine rings is 1. The zero-order chi connectivity index (χ0) is 26.5. The second-order valence-corrected chi connectivity index (χ2v) is 9.24. The highest BCUT2D eigenvalue weighted by Gasteiger charge is 2.46. The van der Waals surface area contributed by atoms with Crippen molar-refractivity contribution < 1.29 is 22.3 Å². The first-order valence-electron chi connectivity index (χ1n) is 11.6. The van der Waals surface area contributed by atoms with Crippen LogP contribution in [0.5, 0.6) is 11.5 Å². The van der Waals surface area contributed by atoms with Gasteiger partial charge in [0.1, 0.15) is 29.7 Å². The van der Waals surface area contributed by atoms with Crippen LogP contribution < -0.4 is 15.6 Å². The Hall–Kier alpha value is -3.96. The van der Waals surface area contributed by atoms with Crippen LogP contribution in [0.15, 0.2) is 41.6 Å². The molecular weight excluding hydrogens is 492 g/mol. The fourth-order valence-corrected chi connectivity index (χ4v) is 4.34. The summed E-state index contributed by atoms with van der Waals surface area (Å²) < 4.78 is 64.1. The lowest BCUT2D eigenvalue weighted by atomic mass is 10.0. The number of nitrogens with zero attached hydrogens (tertiary/aromatic N) is 5. The molecule has 0 saturated heterocycles. The minimum absolute atomic E-state index is 0.0183. The molecule has 4 aromatic rings. The van der Waals surface area contributed by atoms with Gasteiger partial charge in [0.2, 0.25) is 5.75 Å². The number of rotatable bonds is 8. The molecule has 1 aromatic carbocycles. The van der Waals surface area contributed by atoms with Crippen molar-refractivity contribution in [1.82, 2.24) is 24.3 Å². The fraction of sp³-hybridized carbons (Fsp3) is 0.360. The average Bonchev–Trinajstić information content (AvgIpc) is 3.54. The molecule has 0 radical (unpaired) electrons. The Morgan fingerprint density at radius 1 is 1.19 bits per heavy atom. The summed E-state index contributed by atoms with van der Waals surface area (Å²) in [7, 11) is 1.69. The summed E-state index contributed by atoms with van der Waals surface area (Å²) in [6, 6.07) is 3.02. The van der Waals surface area contributed by atoms with Crippen LogP contribution in [0, 0.1) is 12.7 Å². The molecule has 1 aliphatic rings. The SMILES string of the molecule is Cc1nc(N[C@H](C)c2cccc(C(F)F)c2F)c2cn(C3(CF)CC3)c(=O)c(Oc3cnn(C)c3)c2n1. The summed E-state index contributed by atoms with van der Waals surface area (Å²) >= 11 is 0. The molecule has 0 amide bonds. The number of hydrogen-bond acceptors (Lipinski definition) is 6. The van der Waals surface area contributed by atoms with Crippen molar-refractivity contribution in [2.75, 3.05) is 12.0 Å². The third kappa shape index (κ3) is 4.40. The van der Waals surface area contributed by atoms with Crippen molar-refractivity contribution in [1.29, 1.82) is 0 Å². The second kappa shape index (κ2) is 9.16. The maximum absolute atomic E-state index is 14.8. The second-order valence-electron chi connectivity index (χ2n) is 9.24. The van der Waals surface area contributed by atoms with Crippen molar-refractivity contribution in [2.24, 2.45) is 7.05 Å². The van der Waals surface area contributed by atoms with Gasteiger partial charge in [-0.25, -0.2) is 27.5 Å². The monoisotopic (exact) mass is 516 g/mol. The molecule has 0 spiro atoms. The van der Waals surface area contributed by atoms with Gasteiger partial charge in [-0.2, -0.15) is 5.10 Å². The van der Waals surface area contributed by atoms with Crippen LogP contribution in [0.25, 0.3) is 10.9 Å². The Morgan fingerprint density at radius 2 is 1.92 bits per heavy atom. The van der Waals surface area contributed by atoms with Gasteiger partial charge in [0.05, 0.1) is 34.9 Å². The summed E-state index contributed by atoms with van der Waals surface area (Å²) in [6.07, 6.45) is 2.45. The molecule has 3 heterocycles. The number of halogens is 4. The van der Waals surface area contributed by atoms with E-state index in [-0.39, 0.29) is 34.2 Å². The van der Waals surface area contributed by atoms with Gasteiger partial charge in [0.15, 0.2) is 5.75 Å². The van der Waals surface area contributed by atoms with Crippen LogP contribution in [-0.4, -0.2) is 31.0 Å². The molecule has 1 fully saturated rings. The molecule has 37 heavy (non-hydrogen) atoms. The number of hydrogen-bond donors (Lipinski definition) is 1. The van der Waals surface area contributed by atoms with Crippen LogP contribution in [0.2, 0.25) is 0 Å². The summed E-state index contributed by atoms with van der Waals surface area (Å²) in [6.45, 7) is 2.46. The first kappa shape index (κ1) is 24.7. The maximum atomic E-state index is 14.8. The number of aromatic nitrogens is 5. The molecule has 0 aliphatic heterocycles. The van der Waals surface area contributed by atoms with Crippen molar-refractivity contribution in [3.63, 3.8) is 0 Å². The average molecular weight is 516 g/mol. The molecule has 8 nitrogen and oxygen atoms in total. The Bertz CT molecular complexity index is 1550. The number of alkyl halides is 3. The molecule has 194 valence electrons. The molecule has 1 aliphatic carbocycles. The van der Waals surface area contributed by atoms with Gasteiger partial charge in [-0.3, -0.25) is 9.48 Å². The quantitative estimate of drug-likeness (QED) is 0.319. The van der Waals surface area contributed by atoms with E-state index in [1.807, 2.05) is 0 Å². The van der Waals surface area contributed by atoms with Gasteiger partial charge in [0, 0.05) is 18.8 Å². The highest BCUT2D eigenvalue weighted by molar-refractivity contribution is 5.92. The van der Waals surface area contributed by atoms with Gasteiger partial charge < -0.3 is 14.6 Å². The lowest BCUT2D eigenvalue weighted by Gasteiger charge is -2.21.